The van der Waals surface area contributed by atoms with Crippen LogP contribution in [0.2, 0.25) is 0 Å². The van der Waals surface area contributed by atoms with Crippen molar-refractivity contribution in [3.63, 3.8) is 0 Å². The van der Waals surface area contributed by atoms with Crippen LogP contribution in [0.5, 0.6) is 0 Å². The van der Waals surface area contributed by atoms with E-state index in [9.17, 15) is 5.11 Å². The Bertz CT molecular complexity index is 475. The van der Waals surface area contributed by atoms with E-state index in [1.807, 2.05) is 6.92 Å². The number of halogens is 3. The molecule has 2 aliphatic carbocycles. The minimum Gasteiger partial charge on any atom is -0.386 e. The molecule has 1 aromatic rings. The lowest BCUT2D eigenvalue weighted by atomic mass is 9.83. The molecule has 1 N–H and O–H groups in total. The summed E-state index contributed by atoms with van der Waals surface area (Å²) >= 11 is 18.9. The number of rotatable bonds is 5. The van der Waals surface area contributed by atoms with Crippen molar-refractivity contribution in [3.05, 3.63) is 12.7 Å². The van der Waals surface area contributed by atoms with E-state index >= 15 is 0 Å². The molecule has 3 rings (SSSR count). The molecule has 1 heterocycles. The largest absolute Gasteiger partial charge is 0.386 e. The quantitative estimate of drug-likeness (QED) is 0.847. The van der Waals surface area contributed by atoms with Crippen LogP contribution in [-0.4, -0.2) is 34.7 Å². The van der Waals surface area contributed by atoms with Crippen molar-refractivity contribution in [1.82, 2.24) is 14.8 Å². The highest BCUT2D eigenvalue weighted by molar-refractivity contribution is 6.50. The van der Waals surface area contributed by atoms with E-state index in [0.717, 1.165) is 12.8 Å². The molecule has 0 bridgehead atoms. The molecule has 3 atom stereocenters. The highest BCUT2D eigenvalue weighted by atomic mass is 35.5. The van der Waals surface area contributed by atoms with Crippen molar-refractivity contribution in [2.75, 3.05) is 0 Å². The van der Waals surface area contributed by atoms with Gasteiger partial charge in [0.05, 0.1) is 10.9 Å². The summed E-state index contributed by atoms with van der Waals surface area (Å²) in [6.45, 7) is 1.93. The Labute approximate surface area is 127 Å². The lowest BCUT2D eigenvalue weighted by Crippen LogP contribution is -2.50. The van der Waals surface area contributed by atoms with Gasteiger partial charge in [-0.1, -0.05) is 6.92 Å². The third-order valence-electron chi connectivity index (χ3n) is 4.47. The zero-order valence-corrected chi connectivity index (χ0v) is 12.8. The molecule has 0 aromatic carbocycles. The predicted octanol–water partition coefficient (Wildman–Crippen LogP) is 2.93. The Morgan fingerprint density at radius 2 is 2.11 bits per heavy atom. The van der Waals surface area contributed by atoms with E-state index in [0.29, 0.717) is 12.8 Å². The first-order valence-corrected chi connectivity index (χ1v) is 7.61. The lowest BCUT2D eigenvalue weighted by molar-refractivity contribution is -0.0400. The van der Waals surface area contributed by atoms with E-state index in [1.165, 1.54) is 6.33 Å². The molecular formula is C12H16Cl3N3O. The molecule has 0 radical (unpaired) electrons. The van der Waals surface area contributed by atoms with Gasteiger partial charge in [0, 0.05) is 5.92 Å². The summed E-state index contributed by atoms with van der Waals surface area (Å²) in [5.41, 5.74) is -1.07. The highest BCUT2D eigenvalue weighted by Crippen LogP contribution is 2.65. The molecular weight excluding hydrogens is 309 g/mol. The van der Waals surface area contributed by atoms with Crippen molar-refractivity contribution in [2.45, 2.75) is 53.5 Å². The zero-order chi connectivity index (χ0) is 13.9. The van der Waals surface area contributed by atoms with Gasteiger partial charge in [-0.15, -0.1) is 34.8 Å². The Balaban J connectivity index is 2.00. The van der Waals surface area contributed by atoms with Gasteiger partial charge in [0.1, 0.15) is 22.6 Å². The van der Waals surface area contributed by atoms with Crippen LogP contribution >= 0.6 is 34.8 Å². The van der Waals surface area contributed by atoms with Gasteiger partial charge in [-0.25, -0.2) is 9.67 Å². The fraction of sp³-hybridized carbons (Fsp3) is 0.833. The number of hydrogen-bond donors (Lipinski definition) is 1. The van der Waals surface area contributed by atoms with Gasteiger partial charge >= 0.3 is 0 Å². The van der Waals surface area contributed by atoms with Gasteiger partial charge in [0.15, 0.2) is 0 Å². The predicted molar refractivity (Wildman–Crippen MR) is 74.7 cm³/mol. The minimum atomic E-state index is -1.07. The van der Waals surface area contributed by atoms with Crippen LogP contribution in [0.4, 0.5) is 0 Å². The van der Waals surface area contributed by atoms with Crippen LogP contribution < -0.4 is 0 Å². The van der Waals surface area contributed by atoms with Gasteiger partial charge in [-0.05, 0) is 25.7 Å². The zero-order valence-electron chi connectivity index (χ0n) is 10.6. The van der Waals surface area contributed by atoms with E-state index in [1.54, 1.807) is 11.0 Å². The van der Waals surface area contributed by atoms with Crippen LogP contribution in [0.25, 0.3) is 0 Å². The first-order valence-electron chi connectivity index (χ1n) is 6.47. The molecule has 2 fully saturated rings. The van der Waals surface area contributed by atoms with Crippen molar-refractivity contribution in [1.29, 1.82) is 0 Å². The van der Waals surface area contributed by atoms with Gasteiger partial charge in [-0.2, -0.15) is 5.10 Å². The molecule has 4 nitrogen and oxygen atoms in total. The van der Waals surface area contributed by atoms with E-state index < -0.39 is 14.8 Å². The van der Waals surface area contributed by atoms with Crippen LogP contribution in [0.1, 0.15) is 38.6 Å². The second kappa shape index (κ2) is 4.23. The Morgan fingerprint density at radius 1 is 1.47 bits per heavy atom. The van der Waals surface area contributed by atoms with Gasteiger partial charge < -0.3 is 5.11 Å². The normalized spacial score (nSPS) is 31.5. The standard InChI is InChI=1S/C12H16Cl3N3O/c1-2-11(19,10(13)3-4-10)9(8-5-12(8,14)15)18-7-16-6-17-18/h6-9,19H,2-5H2,1H3/t8-,9?,11-/m0/s1. The lowest BCUT2D eigenvalue weighted by Gasteiger charge is -2.40. The van der Waals surface area contributed by atoms with E-state index in [2.05, 4.69) is 10.1 Å². The summed E-state index contributed by atoms with van der Waals surface area (Å²) in [6.07, 6.45) is 5.81. The molecule has 2 saturated carbocycles. The SMILES string of the molecule is CC[C@](O)(C([C@@H]1CC1(Cl)Cl)n1cncn1)C1(Cl)CC1. The molecule has 106 valence electrons. The molecule has 0 aliphatic heterocycles. The maximum Gasteiger partial charge on any atom is 0.137 e. The number of aromatic nitrogens is 3. The second-order valence-electron chi connectivity index (χ2n) is 5.64. The van der Waals surface area contributed by atoms with Crippen LogP contribution in [0, 0.1) is 5.92 Å². The van der Waals surface area contributed by atoms with Gasteiger partial charge in [-0.3, -0.25) is 0 Å². The molecule has 1 aromatic heterocycles. The third-order valence-corrected chi connectivity index (χ3v) is 6.04. The Kier molecular flexibility index (Phi) is 3.10. The van der Waals surface area contributed by atoms with Gasteiger partial charge in [0.2, 0.25) is 0 Å². The average molecular weight is 325 g/mol. The van der Waals surface area contributed by atoms with Crippen molar-refractivity contribution in [3.8, 4) is 0 Å². The van der Waals surface area contributed by atoms with Crippen LogP contribution in [-0.2, 0) is 0 Å². The molecule has 19 heavy (non-hydrogen) atoms. The van der Waals surface area contributed by atoms with Crippen molar-refractivity contribution in [2.24, 2.45) is 5.92 Å². The topological polar surface area (TPSA) is 50.9 Å². The van der Waals surface area contributed by atoms with Crippen LogP contribution in [0.3, 0.4) is 0 Å². The first kappa shape index (κ1) is 13.9. The summed E-state index contributed by atoms with van der Waals surface area (Å²) in [5.74, 6) is -0.0568. The molecule has 7 heteroatoms. The maximum atomic E-state index is 11.2. The summed E-state index contributed by atoms with van der Waals surface area (Å²) in [6, 6.07) is -0.338. The molecule has 0 amide bonds. The third kappa shape index (κ3) is 2.08. The van der Waals surface area contributed by atoms with Crippen molar-refractivity contribution < 1.29 is 5.11 Å². The second-order valence-corrected chi connectivity index (χ2v) is 7.90. The summed E-state index contributed by atoms with van der Waals surface area (Å²) in [5, 5.41) is 15.3. The number of nitrogens with zero attached hydrogens (tertiary/aromatic N) is 3. The van der Waals surface area contributed by atoms with Gasteiger partial charge in [0.25, 0.3) is 0 Å². The Morgan fingerprint density at radius 3 is 2.47 bits per heavy atom. The average Bonchev–Trinajstić information content (AvgIpc) is 3.15. The number of hydrogen-bond acceptors (Lipinski definition) is 3. The van der Waals surface area contributed by atoms with E-state index in [-0.39, 0.29) is 12.0 Å². The molecule has 0 spiro atoms. The monoisotopic (exact) mass is 323 g/mol. The fourth-order valence-corrected chi connectivity index (χ4v) is 3.92. The smallest absolute Gasteiger partial charge is 0.137 e. The molecule has 1 unspecified atom stereocenters. The fourth-order valence-electron chi connectivity index (χ4n) is 3.01. The Hall–Kier alpha value is -0.0300. The van der Waals surface area contributed by atoms with E-state index in [4.69, 9.17) is 34.8 Å². The first-order chi connectivity index (χ1) is 8.84. The minimum absolute atomic E-state index is 0.0568. The number of aliphatic hydroxyl groups is 1. The summed E-state index contributed by atoms with van der Waals surface area (Å²) in [7, 11) is 0. The highest BCUT2D eigenvalue weighted by Gasteiger charge is 2.68. The number of alkyl halides is 3. The maximum absolute atomic E-state index is 11.2. The summed E-state index contributed by atoms with van der Waals surface area (Å²) < 4.78 is 0.852. The molecule has 2 aliphatic rings. The van der Waals surface area contributed by atoms with Crippen molar-refractivity contribution >= 4 is 34.8 Å². The molecule has 0 saturated heterocycles. The van der Waals surface area contributed by atoms with Crippen LogP contribution in [0.15, 0.2) is 12.7 Å². The summed E-state index contributed by atoms with van der Waals surface area (Å²) in [4.78, 5) is 3.37.